The zero-order valence-corrected chi connectivity index (χ0v) is 23.5. The monoisotopic (exact) mass is 504 g/mol. The van der Waals surface area contributed by atoms with Gasteiger partial charge >= 0.3 is 0 Å². The van der Waals surface area contributed by atoms with Gasteiger partial charge in [0.1, 0.15) is 5.69 Å². The number of hydrogen-bond acceptors (Lipinski definition) is 6. The summed E-state index contributed by atoms with van der Waals surface area (Å²) in [5.74, 6) is -0.0680. The Hall–Kier alpha value is -3.17. The Morgan fingerprint density at radius 1 is 1.17 bits per heavy atom. The molecule has 0 amide bonds. The van der Waals surface area contributed by atoms with Crippen molar-refractivity contribution in [2.45, 2.75) is 71.3 Å². The van der Waals surface area contributed by atoms with Gasteiger partial charge < -0.3 is 4.43 Å². The van der Waals surface area contributed by atoms with Crippen LogP contribution in [0.2, 0.25) is 18.1 Å². The molecule has 3 heterocycles. The Morgan fingerprint density at radius 2 is 1.92 bits per heavy atom. The van der Waals surface area contributed by atoms with Crippen LogP contribution in [0.3, 0.4) is 0 Å². The van der Waals surface area contributed by atoms with E-state index in [1.165, 1.54) is 0 Å². The number of aryl methyl sites for hydroxylation is 1. The minimum absolute atomic E-state index is 0.0356. The zero-order chi connectivity index (χ0) is 26.3. The second kappa shape index (κ2) is 9.70. The molecule has 0 saturated carbocycles. The van der Waals surface area contributed by atoms with Gasteiger partial charge in [0.05, 0.1) is 29.6 Å². The van der Waals surface area contributed by atoms with Crippen molar-refractivity contribution in [2.75, 3.05) is 0 Å². The molecule has 1 aromatic carbocycles. The van der Waals surface area contributed by atoms with E-state index < -0.39 is 8.32 Å². The first kappa shape index (κ1) is 25.9. The van der Waals surface area contributed by atoms with E-state index in [4.69, 9.17) is 4.43 Å². The van der Waals surface area contributed by atoms with Crippen LogP contribution >= 0.6 is 0 Å². The van der Waals surface area contributed by atoms with Gasteiger partial charge in [0.25, 0.3) is 0 Å². The van der Waals surface area contributed by atoms with E-state index in [-0.39, 0.29) is 23.0 Å². The van der Waals surface area contributed by atoms with Gasteiger partial charge in [-0.25, -0.2) is 4.68 Å². The second-order valence-electron chi connectivity index (χ2n) is 11.0. The first-order valence-electron chi connectivity index (χ1n) is 12.3. The molecule has 2 atom stereocenters. The van der Waals surface area contributed by atoms with Crippen LogP contribution in [0.4, 0.5) is 0 Å². The lowest BCUT2D eigenvalue weighted by Crippen LogP contribution is -2.42. The maximum absolute atomic E-state index is 12.9. The summed E-state index contributed by atoms with van der Waals surface area (Å²) < 4.78 is 10.3. The quantitative estimate of drug-likeness (QED) is 0.227. The molecule has 0 saturated heterocycles. The molecule has 0 aliphatic carbocycles. The van der Waals surface area contributed by atoms with Crippen molar-refractivity contribution in [3.05, 3.63) is 71.4 Å². The summed E-state index contributed by atoms with van der Waals surface area (Å²) in [4.78, 5) is 17.3. The van der Waals surface area contributed by atoms with E-state index in [1.807, 2.05) is 50.6 Å². The van der Waals surface area contributed by atoms with Crippen LogP contribution in [0.15, 0.2) is 48.9 Å². The fraction of sp³-hybridized carbons (Fsp3) is 0.444. The van der Waals surface area contributed by atoms with Crippen molar-refractivity contribution in [3.63, 3.8) is 0 Å². The molecule has 9 heteroatoms. The normalized spacial score (nSPS) is 14.2. The van der Waals surface area contributed by atoms with Gasteiger partial charge in [0.15, 0.2) is 14.1 Å². The molecule has 0 aliphatic rings. The highest BCUT2D eigenvalue weighted by Gasteiger charge is 2.40. The van der Waals surface area contributed by atoms with Crippen molar-refractivity contribution < 1.29 is 9.22 Å². The first-order valence-corrected chi connectivity index (χ1v) is 15.2. The predicted molar refractivity (Wildman–Crippen MR) is 144 cm³/mol. The van der Waals surface area contributed by atoms with Gasteiger partial charge in [-0.1, -0.05) is 38.1 Å². The van der Waals surface area contributed by atoms with E-state index >= 15 is 0 Å². The Bertz CT molecular complexity index is 1380. The molecule has 36 heavy (non-hydrogen) atoms. The first-order chi connectivity index (χ1) is 16.9. The maximum atomic E-state index is 12.9. The van der Waals surface area contributed by atoms with Crippen LogP contribution in [0.25, 0.3) is 10.9 Å². The molecule has 0 bridgehead atoms. The number of rotatable bonds is 8. The summed E-state index contributed by atoms with van der Waals surface area (Å²) in [7, 11) is -0.223. The molecule has 0 radical (unpaired) electrons. The fourth-order valence-corrected chi connectivity index (χ4v) is 5.42. The number of fused-ring (bicyclic) bond motifs is 1. The molecule has 0 spiro atoms. The average molecular weight is 505 g/mol. The topological polar surface area (TPSA) is 87.7 Å². The molecule has 190 valence electrons. The minimum atomic E-state index is -2.12. The summed E-state index contributed by atoms with van der Waals surface area (Å²) in [6.07, 6.45) is 5.77. The summed E-state index contributed by atoms with van der Waals surface area (Å²) in [6.45, 7) is 14.7. The Labute approximate surface area is 213 Å². The number of benzene rings is 1. The highest BCUT2D eigenvalue weighted by Crippen LogP contribution is 2.40. The minimum Gasteiger partial charge on any atom is -0.409 e. The third-order valence-electron chi connectivity index (χ3n) is 7.29. The third kappa shape index (κ3) is 5.17. The van der Waals surface area contributed by atoms with Gasteiger partial charge in [0, 0.05) is 43.7 Å². The van der Waals surface area contributed by atoms with Crippen molar-refractivity contribution >= 4 is 25.0 Å². The lowest BCUT2D eigenvalue weighted by atomic mass is 10.0. The van der Waals surface area contributed by atoms with E-state index in [9.17, 15) is 4.79 Å². The molecule has 4 aromatic rings. The summed E-state index contributed by atoms with van der Waals surface area (Å²) >= 11 is 0. The average Bonchev–Trinajstić information content (AvgIpc) is 3.43. The Kier molecular flexibility index (Phi) is 6.98. The number of carbonyl (C=O) groups is 1. The molecule has 4 rings (SSSR count). The van der Waals surface area contributed by atoms with Crippen LogP contribution in [-0.4, -0.2) is 43.9 Å². The summed E-state index contributed by atoms with van der Waals surface area (Å²) in [5, 5.41) is 14.4. The van der Waals surface area contributed by atoms with Crippen molar-refractivity contribution in [3.8, 4) is 0 Å². The Morgan fingerprint density at radius 3 is 2.56 bits per heavy atom. The lowest BCUT2D eigenvalue weighted by molar-refractivity contribution is 0.1000. The molecular weight excluding hydrogens is 468 g/mol. The smallest absolute Gasteiger partial charge is 0.192 e. The van der Waals surface area contributed by atoms with E-state index in [0.717, 1.165) is 22.0 Å². The standard InChI is InChI=1S/C27H36N6O2Si/c1-18(20-11-12-23-21(14-20)10-9-13-28-23)33-26(19(2)34)24(30-31-33)15-25(22-16-29-32(6)17-22)35-36(7,8)27(3,4)5/h9-14,16-18,25H,15H2,1-8H3. The predicted octanol–water partition coefficient (Wildman–Crippen LogP) is 5.68. The van der Waals surface area contributed by atoms with Crippen LogP contribution in [0.5, 0.6) is 0 Å². The number of aromatic nitrogens is 6. The van der Waals surface area contributed by atoms with Gasteiger partial charge in [-0.3, -0.25) is 14.5 Å². The summed E-state index contributed by atoms with van der Waals surface area (Å²) in [5.41, 5.74) is 4.10. The van der Waals surface area contributed by atoms with Gasteiger partial charge in [-0.15, -0.1) is 5.10 Å². The van der Waals surface area contributed by atoms with Crippen LogP contribution < -0.4 is 0 Å². The number of hydrogen-bond donors (Lipinski definition) is 0. The molecule has 8 nitrogen and oxygen atoms in total. The van der Waals surface area contributed by atoms with Crippen LogP contribution in [-0.2, 0) is 17.9 Å². The molecule has 0 fully saturated rings. The number of carbonyl (C=O) groups excluding carboxylic acids is 1. The largest absolute Gasteiger partial charge is 0.409 e. The van der Waals surface area contributed by atoms with Crippen LogP contribution in [0.1, 0.15) is 74.1 Å². The highest BCUT2D eigenvalue weighted by atomic mass is 28.4. The molecular formula is C27H36N6O2Si. The van der Waals surface area contributed by atoms with Crippen molar-refractivity contribution in [1.29, 1.82) is 0 Å². The van der Waals surface area contributed by atoms with Gasteiger partial charge in [0.2, 0.25) is 0 Å². The molecule has 0 N–H and O–H groups in total. The number of ketones is 1. The maximum Gasteiger partial charge on any atom is 0.192 e. The summed E-state index contributed by atoms with van der Waals surface area (Å²) in [6, 6.07) is 9.91. The van der Waals surface area contributed by atoms with Crippen molar-refractivity contribution in [2.24, 2.45) is 7.05 Å². The molecule has 0 aliphatic heterocycles. The number of Topliss-reactive ketones (excluding diaryl/α,β-unsaturated/α-hetero) is 1. The molecule has 2 unspecified atom stereocenters. The van der Waals surface area contributed by atoms with E-state index in [1.54, 1.807) is 22.5 Å². The Balaban J connectivity index is 1.71. The third-order valence-corrected chi connectivity index (χ3v) is 11.8. The lowest BCUT2D eigenvalue weighted by Gasteiger charge is -2.39. The SMILES string of the molecule is CC(=O)c1c(CC(O[Si](C)(C)C(C)(C)C)c2cnn(C)c2)nnn1C(C)c1ccc2ncccc2c1. The highest BCUT2D eigenvalue weighted by molar-refractivity contribution is 6.74. The molecule has 3 aromatic heterocycles. The number of nitrogens with zero attached hydrogens (tertiary/aromatic N) is 6. The van der Waals surface area contributed by atoms with E-state index in [2.05, 4.69) is 60.3 Å². The van der Waals surface area contributed by atoms with Crippen LogP contribution in [0, 0.1) is 0 Å². The fourth-order valence-electron chi connectivity index (χ4n) is 4.14. The van der Waals surface area contributed by atoms with Gasteiger partial charge in [-0.05, 0) is 48.8 Å². The van der Waals surface area contributed by atoms with Crippen molar-refractivity contribution in [1.82, 2.24) is 29.8 Å². The second-order valence-corrected chi connectivity index (χ2v) is 15.8. The number of pyridine rings is 1. The zero-order valence-electron chi connectivity index (χ0n) is 22.5. The van der Waals surface area contributed by atoms with Gasteiger partial charge in [-0.2, -0.15) is 5.10 Å². The van der Waals surface area contributed by atoms with E-state index in [0.29, 0.717) is 17.8 Å².